The predicted molar refractivity (Wildman–Crippen MR) is 71.1 cm³/mol. The molecule has 0 aromatic heterocycles. The zero-order chi connectivity index (χ0) is 8.69. The van der Waals surface area contributed by atoms with Crippen molar-refractivity contribution >= 4 is 37.2 Å². The van der Waals surface area contributed by atoms with Crippen LogP contribution in [-0.2, 0) is 0 Å². The van der Waals surface area contributed by atoms with Gasteiger partial charge in [0.25, 0.3) is 0 Å². The van der Waals surface area contributed by atoms with Gasteiger partial charge in [-0.05, 0) is 12.3 Å². The Morgan fingerprint density at radius 2 is 1.64 bits per heavy atom. The van der Waals surface area contributed by atoms with Crippen LogP contribution in [0.5, 0.6) is 0 Å². The van der Waals surface area contributed by atoms with Gasteiger partial charge in [-0.25, -0.2) is 0 Å². The topological polar surface area (TPSA) is 64.1 Å². The first-order valence-electron chi connectivity index (χ1n) is 4.33. The molecular weight excluding hydrogens is 244 g/mol. The highest BCUT2D eigenvalue weighted by Crippen LogP contribution is 2.00. The molecule has 0 aromatic carbocycles. The van der Waals surface area contributed by atoms with E-state index in [-0.39, 0.29) is 43.3 Å². The molecule has 0 aliphatic heterocycles. The van der Waals surface area contributed by atoms with E-state index in [1.807, 2.05) is 0 Å². The lowest BCUT2D eigenvalue weighted by Crippen LogP contribution is -2.36. The van der Waals surface area contributed by atoms with Crippen molar-refractivity contribution in [1.82, 2.24) is 5.32 Å². The van der Waals surface area contributed by atoms with Crippen LogP contribution in [0.15, 0.2) is 0 Å². The minimum Gasteiger partial charge on any atom is -0.329 e. The molecule has 6 heteroatoms. The molecule has 0 spiro atoms. The van der Waals surface area contributed by atoms with Crippen LogP contribution in [0, 0.1) is 5.92 Å². The predicted octanol–water partition coefficient (Wildman–Crippen LogP) is 1.17. The van der Waals surface area contributed by atoms with Gasteiger partial charge in [-0.3, -0.25) is 0 Å². The molecule has 5 N–H and O–H groups in total. The summed E-state index contributed by atoms with van der Waals surface area (Å²) in [6.45, 7) is 6.81. The summed E-state index contributed by atoms with van der Waals surface area (Å²) in [5.41, 5.74) is 11.1. The molecule has 0 fully saturated rings. The highest BCUT2D eigenvalue weighted by molar-refractivity contribution is 5.86. The lowest BCUT2D eigenvalue weighted by Gasteiger charge is -2.14. The van der Waals surface area contributed by atoms with E-state index in [1.165, 1.54) is 0 Å². The number of nitrogens with two attached hydrogens (primary N) is 2. The van der Waals surface area contributed by atoms with Crippen molar-refractivity contribution in [3.63, 3.8) is 0 Å². The van der Waals surface area contributed by atoms with E-state index in [4.69, 9.17) is 11.5 Å². The number of nitrogens with one attached hydrogen (secondary N) is 1. The minimum absolute atomic E-state index is 0. The van der Waals surface area contributed by atoms with Gasteiger partial charge in [0, 0.05) is 25.7 Å². The molecule has 0 amide bonds. The minimum atomic E-state index is 0. The van der Waals surface area contributed by atoms with Crippen LogP contribution in [0.3, 0.4) is 0 Å². The smallest absolute Gasteiger partial charge is 0.0167 e. The summed E-state index contributed by atoms with van der Waals surface area (Å²) in [4.78, 5) is 0. The van der Waals surface area contributed by atoms with Crippen LogP contribution in [0.1, 0.15) is 20.3 Å². The second-order valence-corrected chi connectivity index (χ2v) is 3.38. The van der Waals surface area contributed by atoms with Crippen LogP contribution < -0.4 is 16.8 Å². The van der Waals surface area contributed by atoms with Gasteiger partial charge in [0.15, 0.2) is 0 Å². The Hall–Kier alpha value is 0.750. The third kappa shape index (κ3) is 18.5. The lowest BCUT2D eigenvalue weighted by molar-refractivity contribution is 0.470. The molecule has 0 aliphatic carbocycles. The summed E-state index contributed by atoms with van der Waals surface area (Å²) < 4.78 is 0. The van der Waals surface area contributed by atoms with Crippen molar-refractivity contribution in [2.24, 2.45) is 17.4 Å². The van der Waals surface area contributed by atoms with Crippen molar-refractivity contribution in [2.45, 2.75) is 26.3 Å². The Balaban J connectivity index is -0.000000167. The number of hydrogen-bond donors (Lipinski definition) is 3. The van der Waals surface area contributed by atoms with Gasteiger partial charge in [-0.15, -0.1) is 37.2 Å². The summed E-state index contributed by atoms with van der Waals surface area (Å²) >= 11 is 0. The Kier molecular flexibility index (Phi) is 27.9. The molecular formula is C8H24Cl3N3. The monoisotopic (exact) mass is 267 g/mol. The van der Waals surface area contributed by atoms with E-state index in [0.29, 0.717) is 12.5 Å². The molecule has 0 radical (unpaired) electrons. The van der Waals surface area contributed by atoms with Crippen molar-refractivity contribution in [3.05, 3.63) is 0 Å². The molecule has 0 bridgehead atoms. The van der Waals surface area contributed by atoms with Crippen molar-refractivity contribution in [1.29, 1.82) is 0 Å². The Labute approximate surface area is 106 Å². The number of rotatable bonds is 6. The van der Waals surface area contributed by atoms with Crippen molar-refractivity contribution in [3.8, 4) is 0 Å². The fraction of sp³-hybridized carbons (Fsp3) is 1.00. The summed E-state index contributed by atoms with van der Waals surface area (Å²) in [6.07, 6.45) is 1.08. The Morgan fingerprint density at radius 1 is 1.14 bits per heavy atom. The van der Waals surface area contributed by atoms with Gasteiger partial charge in [0.05, 0.1) is 0 Å². The first-order chi connectivity index (χ1) is 5.16. The van der Waals surface area contributed by atoms with E-state index in [1.54, 1.807) is 0 Å². The Bertz CT molecular complexity index is 93.9. The zero-order valence-corrected chi connectivity index (χ0v) is 11.3. The first kappa shape index (κ1) is 24.1. The van der Waals surface area contributed by atoms with Crippen molar-refractivity contribution < 1.29 is 0 Å². The summed E-state index contributed by atoms with van der Waals surface area (Å²) in [5.74, 6) is 0.685. The fourth-order valence-corrected chi connectivity index (χ4v) is 1.08. The molecule has 0 saturated heterocycles. The van der Waals surface area contributed by atoms with Crippen LogP contribution in [0.25, 0.3) is 0 Å². The van der Waals surface area contributed by atoms with Gasteiger partial charge in [-0.1, -0.05) is 13.8 Å². The van der Waals surface area contributed by atoms with E-state index < -0.39 is 0 Å². The van der Waals surface area contributed by atoms with Gasteiger partial charge >= 0.3 is 0 Å². The maximum Gasteiger partial charge on any atom is 0.0167 e. The summed E-state index contributed by atoms with van der Waals surface area (Å²) in [5, 5.41) is 3.19. The quantitative estimate of drug-likeness (QED) is 0.634. The van der Waals surface area contributed by atoms with Gasteiger partial charge in [0.1, 0.15) is 0 Å². The van der Waals surface area contributed by atoms with Crippen LogP contribution in [0.2, 0.25) is 0 Å². The molecule has 0 aliphatic rings. The van der Waals surface area contributed by atoms with E-state index >= 15 is 0 Å². The van der Waals surface area contributed by atoms with Crippen LogP contribution in [-0.4, -0.2) is 25.7 Å². The molecule has 0 heterocycles. The highest BCUT2D eigenvalue weighted by atomic mass is 35.5. The third-order valence-corrected chi connectivity index (χ3v) is 1.50. The van der Waals surface area contributed by atoms with E-state index in [9.17, 15) is 0 Å². The summed E-state index contributed by atoms with van der Waals surface area (Å²) in [6, 6.07) is 0.279. The maximum absolute atomic E-state index is 5.81. The molecule has 0 unspecified atom stereocenters. The number of halogens is 3. The lowest BCUT2D eigenvalue weighted by atomic mass is 10.0. The molecule has 0 rings (SSSR count). The maximum atomic E-state index is 5.81. The zero-order valence-electron chi connectivity index (χ0n) is 8.86. The molecule has 92 valence electrons. The van der Waals surface area contributed by atoms with Gasteiger partial charge < -0.3 is 16.8 Å². The fourth-order valence-electron chi connectivity index (χ4n) is 1.08. The second-order valence-electron chi connectivity index (χ2n) is 3.38. The summed E-state index contributed by atoms with van der Waals surface area (Å²) in [7, 11) is 0. The SMILES string of the molecule is CC(C)C[C@H](N)CNCCN.Cl.Cl.Cl. The van der Waals surface area contributed by atoms with Gasteiger partial charge in [-0.2, -0.15) is 0 Å². The molecule has 0 aromatic rings. The van der Waals surface area contributed by atoms with E-state index in [0.717, 1.165) is 19.5 Å². The molecule has 1 atom stereocenters. The molecule has 14 heavy (non-hydrogen) atoms. The highest BCUT2D eigenvalue weighted by Gasteiger charge is 2.03. The third-order valence-electron chi connectivity index (χ3n) is 1.50. The standard InChI is InChI=1S/C8H21N3.3ClH/c1-7(2)5-8(10)6-11-4-3-9;;;/h7-8,11H,3-6,9-10H2,1-2H3;3*1H/t8-;;;/m0.../s1. The molecule has 0 saturated carbocycles. The average molecular weight is 269 g/mol. The van der Waals surface area contributed by atoms with Gasteiger partial charge in [0.2, 0.25) is 0 Å². The number of hydrogen-bond acceptors (Lipinski definition) is 3. The van der Waals surface area contributed by atoms with E-state index in [2.05, 4.69) is 19.2 Å². The largest absolute Gasteiger partial charge is 0.329 e. The second kappa shape index (κ2) is 16.2. The Morgan fingerprint density at radius 3 is 2.00 bits per heavy atom. The van der Waals surface area contributed by atoms with Crippen LogP contribution >= 0.6 is 37.2 Å². The van der Waals surface area contributed by atoms with Crippen LogP contribution in [0.4, 0.5) is 0 Å². The normalized spacial score (nSPS) is 10.9. The average Bonchev–Trinajstić information content (AvgIpc) is 1.86. The van der Waals surface area contributed by atoms with Crippen molar-refractivity contribution in [2.75, 3.05) is 19.6 Å². The molecule has 3 nitrogen and oxygen atoms in total. The first-order valence-corrected chi connectivity index (χ1v) is 4.33.